The van der Waals surface area contributed by atoms with Gasteiger partial charge in [-0.3, -0.25) is 4.79 Å². The minimum absolute atomic E-state index is 0.342. The molecule has 0 aromatic rings. The molecule has 0 bridgehead atoms. The molecule has 0 saturated carbocycles. The van der Waals surface area contributed by atoms with Crippen LogP contribution in [0.1, 0.15) is 90.4 Å². The van der Waals surface area contributed by atoms with Gasteiger partial charge in [0.05, 0.1) is 0 Å². The minimum Gasteiger partial charge on any atom is -0.481 e. The fourth-order valence-electron chi connectivity index (χ4n) is 2.72. The monoisotopic (exact) mass is 266 g/mol. The standard InChI is InChI=1S/C17H30O2/c1-2-11-15-14-16(15)12-9-7-5-3-4-6-8-10-13-17(18)19/h2-14H2,1H3,(H,18,19). The first-order valence-corrected chi connectivity index (χ1v) is 8.15. The van der Waals surface area contributed by atoms with Crippen molar-refractivity contribution < 1.29 is 9.90 Å². The number of aliphatic carboxylic acids is 1. The van der Waals surface area contributed by atoms with E-state index < -0.39 is 5.97 Å². The summed E-state index contributed by atoms with van der Waals surface area (Å²) in [5, 5.41) is 8.51. The van der Waals surface area contributed by atoms with Crippen molar-refractivity contribution >= 4 is 5.97 Å². The largest absolute Gasteiger partial charge is 0.481 e. The molecule has 2 heteroatoms. The molecule has 0 spiro atoms. The molecule has 0 heterocycles. The maximum absolute atomic E-state index is 10.3. The Labute approximate surface area is 118 Å². The number of rotatable bonds is 13. The summed E-state index contributed by atoms with van der Waals surface area (Å²) in [6.45, 7) is 2.26. The average molecular weight is 266 g/mol. The molecule has 0 radical (unpaired) electrons. The molecule has 1 aliphatic rings. The normalized spacial score (nSPS) is 13.9. The Morgan fingerprint density at radius 1 is 0.895 bits per heavy atom. The first-order chi connectivity index (χ1) is 9.24. The highest BCUT2D eigenvalue weighted by Crippen LogP contribution is 2.38. The summed E-state index contributed by atoms with van der Waals surface area (Å²) in [5.74, 6) is -0.656. The molecule has 0 atom stereocenters. The van der Waals surface area contributed by atoms with E-state index in [9.17, 15) is 4.79 Å². The Kier molecular flexibility index (Phi) is 8.61. The van der Waals surface area contributed by atoms with Crippen LogP contribution in [0.2, 0.25) is 0 Å². The molecule has 0 aromatic carbocycles. The lowest BCUT2D eigenvalue weighted by atomic mass is 10.1. The van der Waals surface area contributed by atoms with Crippen molar-refractivity contribution in [2.75, 3.05) is 0 Å². The van der Waals surface area contributed by atoms with Crippen LogP contribution in [0.4, 0.5) is 0 Å². The van der Waals surface area contributed by atoms with E-state index in [4.69, 9.17) is 5.11 Å². The van der Waals surface area contributed by atoms with E-state index in [1.807, 2.05) is 0 Å². The highest BCUT2D eigenvalue weighted by Gasteiger charge is 2.18. The van der Waals surface area contributed by atoms with Crippen molar-refractivity contribution in [2.45, 2.75) is 90.4 Å². The number of carboxylic acids is 1. The molecule has 0 unspecified atom stereocenters. The van der Waals surface area contributed by atoms with Crippen molar-refractivity contribution in [1.82, 2.24) is 0 Å². The zero-order valence-electron chi connectivity index (χ0n) is 12.5. The molecule has 110 valence electrons. The zero-order valence-corrected chi connectivity index (χ0v) is 12.5. The maximum atomic E-state index is 10.3. The van der Waals surface area contributed by atoms with Gasteiger partial charge in [0.1, 0.15) is 0 Å². The van der Waals surface area contributed by atoms with Gasteiger partial charge in [-0.15, -0.1) is 0 Å². The summed E-state index contributed by atoms with van der Waals surface area (Å²) in [4.78, 5) is 10.3. The van der Waals surface area contributed by atoms with Gasteiger partial charge in [-0.2, -0.15) is 0 Å². The number of allylic oxidation sites excluding steroid dienone is 2. The fourth-order valence-corrected chi connectivity index (χ4v) is 2.72. The van der Waals surface area contributed by atoms with Gasteiger partial charge in [0, 0.05) is 6.42 Å². The van der Waals surface area contributed by atoms with Crippen LogP contribution in [-0.4, -0.2) is 11.1 Å². The quantitative estimate of drug-likeness (QED) is 0.354. The van der Waals surface area contributed by atoms with E-state index in [1.165, 1.54) is 64.2 Å². The summed E-state index contributed by atoms with van der Waals surface area (Å²) < 4.78 is 0. The van der Waals surface area contributed by atoms with Gasteiger partial charge in [-0.25, -0.2) is 0 Å². The predicted molar refractivity (Wildman–Crippen MR) is 80.4 cm³/mol. The lowest BCUT2D eigenvalue weighted by Crippen LogP contribution is -1.93. The predicted octanol–water partition coefficient (Wildman–Crippen LogP) is 5.47. The lowest BCUT2D eigenvalue weighted by molar-refractivity contribution is -0.137. The minimum atomic E-state index is -0.656. The second-order valence-corrected chi connectivity index (χ2v) is 5.86. The number of unbranched alkanes of at least 4 members (excludes halogenated alkanes) is 7. The smallest absolute Gasteiger partial charge is 0.303 e. The molecular formula is C17H30O2. The van der Waals surface area contributed by atoms with Gasteiger partial charge in [0.2, 0.25) is 0 Å². The second kappa shape index (κ2) is 10.1. The van der Waals surface area contributed by atoms with Gasteiger partial charge < -0.3 is 5.11 Å². The van der Waals surface area contributed by atoms with Crippen LogP contribution < -0.4 is 0 Å². The van der Waals surface area contributed by atoms with E-state index in [2.05, 4.69) is 6.92 Å². The van der Waals surface area contributed by atoms with Crippen LogP contribution in [0, 0.1) is 0 Å². The molecule has 2 nitrogen and oxygen atoms in total. The first-order valence-electron chi connectivity index (χ1n) is 8.15. The first kappa shape index (κ1) is 16.3. The van der Waals surface area contributed by atoms with Crippen LogP contribution >= 0.6 is 0 Å². The second-order valence-electron chi connectivity index (χ2n) is 5.86. The molecule has 1 rings (SSSR count). The molecule has 0 aliphatic heterocycles. The summed E-state index contributed by atoms with van der Waals surface area (Å²) in [5.41, 5.74) is 3.51. The Morgan fingerprint density at radius 3 is 2.00 bits per heavy atom. The highest BCUT2D eigenvalue weighted by atomic mass is 16.4. The Hall–Kier alpha value is -0.790. The fraction of sp³-hybridized carbons (Fsp3) is 0.824. The molecule has 0 fully saturated rings. The van der Waals surface area contributed by atoms with E-state index in [-0.39, 0.29) is 0 Å². The third-order valence-corrected chi connectivity index (χ3v) is 3.97. The van der Waals surface area contributed by atoms with E-state index >= 15 is 0 Å². The SMILES string of the molecule is CCCC1=C(CCCCCCCCCCC(=O)O)C1. The molecule has 0 saturated heterocycles. The Balaban J connectivity index is 1.76. The highest BCUT2D eigenvalue weighted by molar-refractivity contribution is 5.66. The summed E-state index contributed by atoms with van der Waals surface area (Å²) >= 11 is 0. The van der Waals surface area contributed by atoms with Gasteiger partial charge in [-0.1, -0.05) is 63.0 Å². The van der Waals surface area contributed by atoms with Crippen molar-refractivity contribution in [3.8, 4) is 0 Å². The van der Waals surface area contributed by atoms with Crippen LogP contribution in [0.5, 0.6) is 0 Å². The van der Waals surface area contributed by atoms with Gasteiger partial charge >= 0.3 is 5.97 Å². The topological polar surface area (TPSA) is 37.3 Å². The summed E-state index contributed by atoms with van der Waals surface area (Å²) in [6.07, 6.45) is 15.5. The third kappa shape index (κ3) is 8.85. The number of carbonyl (C=O) groups is 1. The third-order valence-electron chi connectivity index (χ3n) is 3.97. The van der Waals surface area contributed by atoms with Crippen molar-refractivity contribution in [3.05, 3.63) is 11.1 Å². The maximum Gasteiger partial charge on any atom is 0.303 e. The van der Waals surface area contributed by atoms with Crippen LogP contribution in [-0.2, 0) is 4.79 Å². The molecule has 19 heavy (non-hydrogen) atoms. The Morgan fingerprint density at radius 2 is 1.42 bits per heavy atom. The average Bonchev–Trinajstić information content (AvgIpc) is 3.10. The van der Waals surface area contributed by atoms with Gasteiger partial charge in [0.25, 0.3) is 0 Å². The van der Waals surface area contributed by atoms with E-state index in [1.54, 1.807) is 11.1 Å². The molecule has 1 N–H and O–H groups in total. The van der Waals surface area contributed by atoms with Crippen molar-refractivity contribution in [1.29, 1.82) is 0 Å². The Bertz CT molecular complexity index is 292. The van der Waals surface area contributed by atoms with Crippen molar-refractivity contribution in [3.63, 3.8) is 0 Å². The van der Waals surface area contributed by atoms with Crippen LogP contribution in [0.25, 0.3) is 0 Å². The van der Waals surface area contributed by atoms with Gasteiger partial charge in [0.15, 0.2) is 0 Å². The van der Waals surface area contributed by atoms with Crippen LogP contribution in [0.15, 0.2) is 11.1 Å². The zero-order chi connectivity index (χ0) is 13.9. The van der Waals surface area contributed by atoms with Crippen molar-refractivity contribution in [2.24, 2.45) is 0 Å². The van der Waals surface area contributed by atoms with E-state index in [0.29, 0.717) is 6.42 Å². The molecule has 0 amide bonds. The summed E-state index contributed by atoms with van der Waals surface area (Å²) in [6, 6.07) is 0. The summed E-state index contributed by atoms with van der Waals surface area (Å²) in [7, 11) is 0. The number of carboxylic acid groups (broad SMARTS) is 1. The lowest BCUT2D eigenvalue weighted by Gasteiger charge is -2.01. The molecular weight excluding hydrogens is 236 g/mol. The molecule has 1 aliphatic carbocycles. The van der Waals surface area contributed by atoms with E-state index in [0.717, 1.165) is 12.8 Å². The number of hydrogen-bond donors (Lipinski definition) is 1. The van der Waals surface area contributed by atoms with Gasteiger partial charge in [-0.05, 0) is 32.1 Å². The van der Waals surface area contributed by atoms with Crippen LogP contribution in [0.3, 0.4) is 0 Å². The number of hydrogen-bond acceptors (Lipinski definition) is 1. The molecule has 0 aromatic heterocycles.